The number of rotatable bonds is 3. The van der Waals surface area contributed by atoms with Crippen LogP contribution in [0, 0.1) is 10.1 Å². The molecule has 0 unspecified atom stereocenters. The monoisotopic (exact) mass is 238 g/mol. The molecule has 1 aromatic heterocycles. The highest BCUT2D eigenvalue weighted by Crippen LogP contribution is 2.30. The van der Waals surface area contributed by atoms with E-state index in [0.717, 1.165) is 6.07 Å². The summed E-state index contributed by atoms with van der Waals surface area (Å²) in [5, 5.41) is 18.6. The third-order valence-corrected chi connectivity index (χ3v) is 1.91. The average molecular weight is 239 g/mol. The summed E-state index contributed by atoms with van der Waals surface area (Å²) < 4.78 is 24.7. The number of halogens is 3. The van der Waals surface area contributed by atoms with Gasteiger partial charge in [0.05, 0.1) is 5.56 Å². The highest BCUT2D eigenvalue weighted by Gasteiger charge is 2.24. The Balaban J connectivity index is 3.35. The molecule has 5 nitrogen and oxygen atoms in total. The van der Waals surface area contributed by atoms with Gasteiger partial charge in [0, 0.05) is 0 Å². The largest absolute Gasteiger partial charge is 0.388 e. The van der Waals surface area contributed by atoms with E-state index >= 15 is 0 Å². The Kier molecular flexibility index (Phi) is 3.48. The predicted molar refractivity (Wildman–Crippen MR) is 46.8 cm³/mol. The van der Waals surface area contributed by atoms with E-state index in [2.05, 4.69) is 4.98 Å². The lowest BCUT2D eigenvalue weighted by Gasteiger charge is -2.03. The Morgan fingerprint density at radius 2 is 2.27 bits per heavy atom. The number of aliphatic hydroxyl groups excluding tert-OH is 1. The van der Waals surface area contributed by atoms with Crippen molar-refractivity contribution < 1.29 is 18.8 Å². The zero-order valence-corrected chi connectivity index (χ0v) is 7.91. The summed E-state index contributed by atoms with van der Waals surface area (Å²) in [5.74, 6) is -0.745. The lowest BCUT2D eigenvalue weighted by molar-refractivity contribution is -0.389. The number of pyridine rings is 1. The van der Waals surface area contributed by atoms with Crippen molar-refractivity contribution in [2.75, 3.05) is 0 Å². The van der Waals surface area contributed by atoms with Gasteiger partial charge in [-0.15, -0.1) is 0 Å². The summed E-state index contributed by atoms with van der Waals surface area (Å²) in [6, 6.07) is 0.739. The number of alkyl halides is 2. The minimum Gasteiger partial charge on any atom is -0.388 e. The summed E-state index contributed by atoms with van der Waals surface area (Å²) >= 11 is 5.38. The third kappa shape index (κ3) is 2.37. The molecule has 0 amide bonds. The van der Waals surface area contributed by atoms with E-state index < -0.39 is 40.1 Å². The zero-order chi connectivity index (χ0) is 11.6. The summed E-state index contributed by atoms with van der Waals surface area (Å²) in [5.41, 5.74) is -1.05. The van der Waals surface area contributed by atoms with Crippen LogP contribution < -0.4 is 0 Å². The zero-order valence-electron chi connectivity index (χ0n) is 7.15. The number of hydrogen-bond acceptors (Lipinski definition) is 4. The maximum Gasteiger partial charge on any atom is 0.382 e. The van der Waals surface area contributed by atoms with Gasteiger partial charge in [-0.05, 0) is 16.0 Å². The number of nitrogens with zero attached hydrogens (tertiary/aromatic N) is 2. The summed E-state index contributed by atoms with van der Waals surface area (Å²) in [6.45, 7) is -0.808. The van der Waals surface area contributed by atoms with Gasteiger partial charge in [0.1, 0.15) is 11.6 Å². The van der Waals surface area contributed by atoms with Gasteiger partial charge in [-0.25, -0.2) is 8.78 Å². The molecule has 0 radical (unpaired) electrons. The van der Waals surface area contributed by atoms with Crippen molar-refractivity contribution in [3.63, 3.8) is 0 Å². The second kappa shape index (κ2) is 4.45. The summed E-state index contributed by atoms with van der Waals surface area (Å²) in [6.07, 6.45) is -2.89. The van der Waals surface area contributed by atoms with Crippen LogP contribution in [0.25, 0.3) is 0 Å². The smallest absolute Gasteiger partial charge is 0.382 e. The maximum absolute atomic E-state index is 12.3. The van der Waals surface area contributed by atoms with Crippen molar-refractivity contribution in [3.05, 3.63) is 32.5 Å². The third-order valence-electron chi connectivity index (χ3n) is 1.63. The lowest BCUT2D eigenvalue weighted by Crippen LogP contribution is -2.03. The Labute approximate surface area is 87.5 Å². The quantitative estimate of drug-likeness (QED) is 0.646. The van der Waals surface area contributed by atoms with E-state index in [1.54, 1.807) is 0 Å². The van der Waals surface area contributed by atoms with E-state index in [-0.39, 0.29) is 0 Å². The van der Waals surface area contributed by atoms with Crippen molar-refractivity contribution >= 4 is 17.4 Å². The fourth-order valence-electron chi connectivity index (χ4n) is 0.974. The lowest BCUT2D eigenvalue weighted by atomic mass is 10.2. The minimum atomic E-state index is -2.89. The molecule has 0 saturated heterocycles. The average Bonchev–Trinajstić information content (AvgIpc) is 2.16. The van der Waals surface area contributed by atoms with E-state index in [4.69, 9.17) is 16.7 Å². The molecule has 1 N–H and O–H groups in total. The molecule has 0 aliphatic rings. The molecule has 0 spiro atoms. The minimum absolute atomic E-state index is 0.443. The van der Waals surface area contributed by atoms with Crippen molar-refractivity contribution in [3.8, 4) is 0 Å². The van der Waals surface area contributed by atoms with Gasteiger partial charge < -0.3 is 15.2 Å². The van der Waals surface area contributed by atoms with Crippen LogP contribution in [0.15, 0.2) is 6.07 Å². The van der Waals surface area contributed by atoms with Crippen molar-refractivity contribution in [1.29, 1.82) is 0 Å². The van der Waals surface area contributed by atoms with Crippen LogP contribution in [-0.4, -0.2) is 15.0 Å². The molecule has 8 heteroatoms. The van der Waals surface area contributed by atoms with Crippen LogP contribution in [0.4, 0.5) is 14.6 Å². The second-order valence-electron chi connectivity index (χ2n) is 2.55. The van der Waals surface area contributed by atoms with Crippen molar-refractivity contribution in [2.24, 2.45) is 0 Å². The molecule has 0 bridgehead atoms. The highest BCUT2D eigenvalue weighted by atomic mass is 35.5. The van der Waals surface area contributed by atoms with Gasteiger partial charge in [-0.1, -0.05) is 11.6 Å². The molecular weight excluding hydrogens is 234 g/mol. The topological polar surface area (TPSA) is 76.3 Å². The van der Waals surface area contributed by atoms with Crippen LogP contribution in [0.2, 0.25) is 5.02 Å². The number of nitro groups is 1. The molecule has 0 aliphatic heterocycles. The van der Waals surface area contributed by atoms with Gasteiger partial charge in [0.15, 0.2) is 5.69 Å². The summed E-state index contributed by atoms with van der Waals surface area (Å²) in [7, 11) is 0. The fraction of sp³-hybridized carbons (Fsp3) is 0.286. The fourth-order valence-corrected chi connectivity index (χ4v) is 1.20. The molecule has 1 heterocycles. The molecule has 0 atom stereocenters. The van der Waals surface area contributed by atoms with Crippen molar-refractivity contribution in [1.82, 2.24) is 4.98 Å². The predicted octanol–water partition coefficient (Wildman–Crippen LogP) is 2.07. The van der Waals surface area contributed by atoms with Crippen molar-refractivity contribution in [2.45, 2.75) is 13.0 Å². The van der Waals surface area contributed by atoms with Crippen LogP contribution in [0.1, 0.15) is 17.7 Å². The first kappa shape index (κ1) is 11.7. The standard InChI is InChI=1S/C7H5ClF2N2O3/c8-4-1-3(6(9)10)5(2-13)11-7(4)12(14)15/h1,6,13H,2H2. The van der Waals surface area contributed by atoms with Gasteiger partial charge in [0.25, 0.3) is 6.43 Å². The summed E-state index contributed by atoms with van der Waals surface area (Å²) in [4.78, 5) is 12.7. The van der Waals surface area contributed by atoms with Crippen LogP contribution in [-0.2, 0) is 6.61 Å². The molecule has 0 saturated carbocycles. The normalized spacial score (nSPS) is 10.7. The molecule has 82 valence electrons. The number of aromatic nitrogens is 1. The first-order chi connectivity index (χ1) is 6.97. The van der Waals surface area contributed by atoms with E-state index in [9.17, 15) is 18.9 Å². The van der Waals surface area contributed by atoms with E-state index in [0.29, 0.717) is 0 Å². The molecule has 1 aromatic rings. The van der Waals surface area contributed by atoms with Crippen LogP contribution in [0.3, 0.4) is 0 Å². The van der Waals surface area contributed by atoms with E-state index in [1.165, 1.54) is 0 Å². The molecule has 1 rings (SSSR count). The Hall–Kier alpha value is -1.34. The molecular formula is C7H5ClF2N2O3. The first-order valence-corrected chi connectivity index (χ1v) is 4.08. The maximum atomic E-state index is 12.3. The van der Waals surface area contributed by atoms with Gasteiger partial charge in [0.2, 0.25) is 0 Å². The van der Waals surface area contributed by atoms with E-state index in [1.807, 2.05) is 0 Å². The van der Waals surface area contributed by atoms with Crippen LogP contribution >= 0.6 is 11.6 Å². The second-order valence-corrected chi connectivity index (χ2v) is 2.95. The molecule has 0 fully saturated rings. The number of aliphatic hydroxyl groups is 1. The highest BCUT2D eigenvalue weighted by molar-refractivity contribution is 6.32. The van der Waals surface area contributed by atoms with Gasteiger partial charge in [-0.2, -0.15) is 0 Å². The SMILES string of the molecule is O=[N+]([O-])c1nc(CO)c(C(F)F)cc1Cl. The van der Waals surface area contributed by atoms with Gasteiger partial charge in [-0.3, -0.25) is 0 Å². The Morgan fingerprint density at radius 3 is 2.67 bits per heavy atom. The Bertz CT molecular complexity index is 400. The molecule has 0 aromatic carbocycles. The Morgan fingerprint density at radius 1 is 1.67 bits per heavy atom. The molecule has 15 heavy (non-hydrogen) atoms. The number of hydrogen-bond donors (Lipinski definition) is 1. The first-order valence-electron chi connectivity index (χ1n) is 3.70. The molecule has 0 aliphatic carbocycles. The van der Waals surface area contributed by atoms with Gasteiger partial charge >= 0.3 is 5.82 Å². The van der Waals surface area contributed by atoms with Crippen LogP contribution in [0.5, 0.6) is 0 Å².